The lowest BCUT2D eigenvalue weighted by atomic mass is 9.85. The molecule has 3 aliphatic rings. The van der Waals surface area contributed by atoms with E-state index in [-0.39, 0.29) is 11.5 Å². The molecule has 5 nitrogen and oxygen atoms in total. The Balaban J connectivity index is 1.55. The Kier molecular flexibility index (Phi) is 3.12. The van der Waals surface area contributed by atoms with E-state index in [9.17, 15) is 0 Å². The normalized spacial score (nSPS) is 43.6. The minimum absolute atomic E-state index is 0.115. The summed E-state index contributed by atoms with van der Waals surface area (Å²) in [5.41, 5.74) is 6.16. The summed E-state index contributed by atoms with van der Waals surface area (Å²) in [6.07, 6.45) is 8.29. The molecule has 4 rings (SSSR count). The molecule has 1 saturated carbocycles. The van der Waals surface area contributed by atoms with Gasteiger partial charge in [0.2, 0.25) is 5.89 Å². The fraction of sp³-hybridized carbons (Fsp3) is 0.875. The van der Waals surface area contributed by atoms with E-state index in [1.807, 2.05) is 0 Å². The van der Waals surface area contributed by atoms with Gasteiger partial charge in [-0.3, -0.25) is 0 Å². The Morgan fingerprint density at radius 3 is 2.57 bits per heavy atom. The monoisotopic (exact) mass is 290 g/mol. The summed E-state index contributed by atoms with van der Waals surface area (Å²) in [5, 5.41) is 4.33. The molecule has 2 bridgehead atoms. The Morgan fingerprint density at radius 2 is 1.95 bits per heavy atom. The van der Waals surface area contributed by atoms with E-state index >= 15 is 0 Å². The number of nitrogens with zero attached hydrogens (tertiary/aromatic N) is 3. The lowest BCUT2D eigenvalue weighted by Crippen LogP contribution is -2.39. The molecule has 2 saturated heterocycles. The highest BCUT2D eigenvalue weighted by Gasteiger charge is 2.44. The first-order valence-corrected chi connectivity index (χ1v) is 8.39. The summed E-state index contributed by atoms with van der Waals surface area (Å²) in [5.74, 6) is 2.17. The van der Waals surface area contributed by atoms with Gasteiger partial charge in [0.15, 0.2) is 5.82 Å². The van der Waals surface area contributed by atoms with Gasteiger partial charge < -0.3 is 15.2 Å². The van der Waals surface area contributed by atoms with Crippen LogP contribution in [0.2, 0.25) is 0 Å². The molecule has 116 valence electrons. The zero-order valence-corrected chi connectivity index (χ0v) is 13.1. The maximum Gasteiger partial charge on any atom is 0.234 e. The molecule has 5 heteroatoms. The molecule has 3 fully saturated rings. The fourth-order valence-corrected chi connectivity index (χ4v) is 4.71. The number of nitrogens with two attached hydrogens (primary N) is 1. The molecule has 0 aromatic carbocycles. The van der Waals surface area contributed by atoms with E-state index in [0.717, 1.165) is 31.0 Å². The van der Waals surface area contributed by atoms with Gasteiger partial charge in [-0.2, -0.15) is 4.98 Å². The number of piperidine rings is 1. The van der Waals surface area contributed by atoms with E-state index in [4.69, 9.17) is 15.2 Å². The van der Waals surface area contributed by atoms with Crippen molar-refractivity contribution in [2.45, 2.75) is 81.3 Å². The summed E-state index contributed by atoms with van der Waals surface area (Å²) in [7, 11) is 2.26. The second-order valence-electron chi connectivity index (χ2n) is 7.59. The molecule has 2 aliphatic heterocycles. The zero-order valence-electron chi connectivity index (χ0n) is 13.1. The quantitative estimate of drug-likeness (QED) is 0.904. The highest BCUT2D eigenvalue weighted by molar-refractivity contribution is 5.14. The number of hydrogen-bond acceptors (Lipinski definition) is 5. The molecule has 1 aromatic heterocycles. The van der Waals surface area contributed by atoms with Gasteiger partial charge in [-0.15, -0.1) is 0 Å². The topological polar surface area (TPSA) is 68.2 Å². The third-order valence-electron chi connectivity index (χ3n) is 6.42. The van der Waals surface area contributed by atoms with Crippen LogP contribution in [0.1, 0.15) is 69.5 Å². The standard InChI is InChI=1S/C16H26N4O/c1-16(7-3-4-13(16)17)15-18-14(19-21-15)10-8-11-5-6-12(9-10)20(11)2/h10-13H,3-9,17H2,1-2H3. The van der Waals surface area contributed by atoms with Gasteiger partial charge in [-0.1, -0.05) is 11.6 Å². The first kappa shape index (κ1) is 13.7. The highest BCUT2D eigenvalue weighted by atomic mass is 16.5. The van der Waals surface area contributed by atoms with Crippen LogP contribution in [-0.4, -0.2) is 40.2 Å². The highest BCUT2D eigenvalue weighted by Crippen LogP contribution is 2.43. The van der Waals surface area contributed by atoms with Gasteiger partial charge >= 0.3 is 0 Å². The van der Waals surface area contributed by atoms with Crippen molar-refractivity contribution in [1.82, 2.24) is 15.0 Å². The molecule has 3 heterocycles. The largest absolute Gasteiger partial charge is 0.339 e. The number of rotatable bonds is 2. The van der Waals surface area contributed by atoms with Crippen LogP contribution >= 0.6 is 0 Å². The minimum Gasteiger partial charge on any atom is -0.339 e. The van der Waals surface area contributed by atoms with E-state index in [1.54, 1.807) is 0 Å². The van der Waals surface area contributed by atoms with Gasteiger partial charge in [0.1, 0.15) is 0 Å². The zero-order chi connectivity index (χ0) is 14.6. The van der Waals surface area contributed by atoms with Crippen LogP contribution in [0.15, 0.2) is 4.52 Å². The van der Waals surface area contributed by atoms with Crippen LogP contribution in [0.3, 0.4) is 0 Å². The molecule has 2 N–H and O–H groups in total. The third kappa shape index (κ3) is 2.05. The Morgan fingerprint density at radius 1 is 1.24 bits per heavy atom. The summed E-state index contributed by atoms with van der Waals surface area (Å²) >= 11 is 0. The second kappa shape index (κ2) is 4.78. The molecule has 1 aliphatic carbocycles. The van der Waals surface area contributed by atoms with Gasteiger partial charge in [0.25, 0.3) is 0 Å². The van der Waals surface area contributed by atoms with E-state index in [1.165, 1.54) is 25.7 Å². The summed E-state index contributed by atoms with van der Waals surface area (Å²) in [4.78, 5) is 7.33. The maximum atomic E-state index is 6.27. The van der Waals surface area contributed by atoms with Crippen molar-refractivity contribution in [3.05, 3.63) is 11.7 Å². The fourth-order valence-electron chi connectivity index (χ4n) is 4.71. The molecular formula is C16H26N4O. The number of fused-ring (bicyclic) bond motifs is 2. The van der Waals surface area contributed by atoms with Crippen LogP contribution in [0, 0.1) is 0 Å². The van der Waals surface area contributed by atoms with Crippen molar-refractivity contribution in [3.63, 3.8) is 0 Å². The summed E-state index contributed by atoms with van der Waals surface area (Å²) in [6.45, 7) is 2.18. The van der Waals surface area contributed by atoms with Gasteiger partial charge in [0.05, 0.1) is 5.41 Å². The maximum absolute atomic E-state index is 6.27. The second-order valence-corrected chi connectivity index (χ2v) is 7.59. The first-order chi connectivity index (χ1) is 10.1. The lowest BCUT2D eigenvalue weighted by Gasteiger charge is -2.35. The predicted molar refractivity (Wildman–Crippen MR) is 80.0 cm³/mol. The van der Waals surface area contributed by atoms with Crippen LogP contribution in [0.25, 0.3) is 0 Å². The lowest BCUT2D eigenvalue weighted by molar-refractivity contribution is 0.157. The summed E-state index contributed by atoms with van der Waals surface area (Å²) in [6, 6.07) is 1.57. The van der Waals surface area contributed by atoms with Crippen LogP contribution in [0.5, 0.6) is 0 Å². The smallest absolute Gasteiger partial charge is 0.234 e. The minimum atomic E-state index is -0.115. The molecule has 0 spiro atoms. The number of hydrogen-bond donors (Lipinski definition) is 1. The van der Waals surface area contributed by atoms with E-state index < -0.39 is 0 Å². The third-order valence-corrected chi connectivity index (χ3v) is 6.42. The average molecular weight is 290 g/mol. The SMILES string of the molecule is CN1C2CCC1CC(c1noc(C3(C)CCCC3N)n1)C2. The van der Waals surface area contributed by atoms with Crippen molar-refractivity contribution in [3.8, 4) is 0 Å². The van der Waals surface area contributed by atoms with Crippen molar-refractivity contribution in [2.75, 3.05) is 7.05 Å². The van der Waals surface area contributed by atoms with Crippen molar-refractivity contribution in [2.24, 2.45) is 5.73 Å². The van der Waals surface area contributed by atoms with Gasteiger partial charge in [0, 0.05) is 24.0 Å². The summed E-state index contributed by atoms with van der Waals surface area (Å²) < 4.78 is 5.64. The predicted octanol–water partition coefficient (Wildman–Crippen LogP) is 2.18. The molecule has 21 heavy (non-hydrogen) atoms. The average Bonchev–Trinajstić information content (AvgIpc) is 3.11. The van der Waals surface area contributed by atoms with Crippen LogP contribution in [-0.2, 0) is 5.41 Å². The molecule has 0 radical (unpaired) electrons. The van der Waals surface area contributed by atoms with Crippen molar-refractivity contribution >= 4 is 0 Å². The molecule has 1 aromatic rings. The first-order valence-electron chi connectivity index (χ1n) is 8.39. The Bertz CT molecular complexity index is 516. The Hall–Kier alpha value is -0.940. The van der Waals surface area contributed by atoms with Gasteiger partial charge in [-0.25, -0.2) is 0 Å². The molecule has 4 atom stereocenters. The molecule has 0 amide bonds. The van der Waals surface area contributed by atoms with Crippen molar-refractivity contribution in [1.29, 1.82) is 0 Å². The van der Waals surface area contributed by atoms with Crippen molar-refractivity contribution < 1.29 is 4.52 Å². The molecular weight excluding hydrogens is 264 g/mol. The van der Waals surface area contributed by atoms with Crippen LogP contribution < -0.4 is 5.73 Å². The van der Waals surface area contributed by atoms with E-state index in [0.29, 0.717) is 18.0 Å². The molecule has 4 unspecified atom stereocenters. The Labute approximate surface area is 126 Å². The number of aromatic nitrogens is 2. The van der Waals surface area contributed by atoms with E-state index in [2.05, 4.69) is 24.0 Å². The van der Waals surface area contributed by atoms with Gasteiger partial charge in [-0.05, 0) is 52.5 Å². The van der Waals surface area contributed by atoms with Crippen LogP contribution in [0.4, 0.5) is 0 Å².